The van der Waals surface area contributed by atoms with Crippen LogP contribution < -0.4 is 9.47 Å². The van der Waals surface area contributed by atoms with Gasteiger partial charge in [-0.25, -0.2) is 0 Å². The van der Waals surface area contributed by atoms with Gasteiger partial charge in [0.25, 0.3) is 0 Å². The van der Waals surface area contributed by atoms with Crippen LogP contribution in [-0.2, 0) is 27.1 Å². The molecule has 0 amide bonds. The second-order valence-corrected chi connectivity index (χ2v) is 5.72. The van der Waals surface area contributed by atoms with Crippen molar-refractivity contribution in [2.75, 3.05) is 40.6 Å². The number of rotatable bonds is 12. The molecule has 0 saturated carbocycles. The summed E-state index contributed by atoms with van der Waals surface area (Å²) in [5.74, 6) is 0.982. The highest BCUT2D eigenvalue weighted by Crippen LogP contribution is 2.39. The maximum absolute atomic E-state index is 11.0. The lowest BCUT2D eigenvalue weighted by Crippen LogP contribution is -2.11. The van der Waals surface area contributed by atoms with Gasteiger partial charge in [-0.2, -0.15) is 0 Å². The van der Waals surface area contributed by atoms with Crippen LogP contribution in [0, 0.1) is 0 Å². The molecule has 1 aromatic rings. The van der Waals surface area contributed by atoms with Gasteiger partial charge in [-0.05, 0) is 20.3 Å². The Bertz CT molecular complexity index is 576. The van der Waals surface area contributed by atoms with E-state index in [-0.39, 0.29) is 12.2 Å². The zero-order valence-corrected chi connectivity index (χ0v) is 15.5. The number of phenols is 1. The van der Waals surface area contributed by atoms with E-state index >= 15 is 0 Å². The second kappa shape index (κ2) is 11.5. The number of phenolic OH excluding ortho intramolecular Hbond substituents is 1. The Morgan fingerprint density at radius 2 is 1.64 bits per heavy atom. The van der Waals surface area contributed by atoms with E-state index in [9.17, 15) is 9.90 Å². The highest BCUT2D eigenvalue weighted by Gasteiger charge is 2.20. The van der Waals surface area contributed by atoms with Crippen molar-refractivity contribution in [2.24, 2.45) is 0 Å². The first-order valence-electron chi connectivity index (χ1n) is 8.23. The third kappa shape index (κ3) is 6.76. The molecule has 0 aliphatic carbocycles. The largest absolute Gasteiger partial charge is 0.507 e. The van der Waals surface area contributed by atoms with Crippen molar-refractivity contribution in [1.82, 2.24) is 0 Å². The number of aldehydes is 1. The van der Waals surface area contributed by atoms with Gasteiger partial charge in [0.05, 0.1) is 13.2 Å². The molecule has 0 atom stereocenters. The Hall–Kier alpha value is -2.05. The molecule has 6 heteroatoms. The minimum Gasteiger partial charge on any atom is -0.507 e. The Labute approximate surface area is 149 Å². The van der Waals surface area contributed by atoms with E-state index in [1.807, 2.05) is 19.9 Å². The number of allylic oxidation sites excluding steroid dienone is 2. The van der Waals surface area contributed by atoms with Crippen molar-refractivity contribution in [3.05, 3.63) is 28.8 Å². The molecular weight excluding hydrogens is 324 g/mol. The Morgan fingerprint density at radius 3 is 2.20 bits per heavy atom. The summed E-state index contributed by atoms with van der Waals surface area (Å²) < 4.78 is 21.6. The van der Waals surface area contributed by atoms with E-state index in [1.165, 1.54) is 6.07 Å². The average Bonchev–Trinajstić information content (AvgIpc) is 2.57. The normalized spacial score (nSPS) is 10.4. The van der Waals surface area contributed by atoms with Crippen LogP contribution in [-0.4, -0.2) is 52.0 Å². The second-order valence-electron chi connectivity index (χ2n) is 5.72. The van der Waals surface area contributed by atoms with Gasteiger partial charge >= 0.3 is 0 Å². The lowest BCUT2D eigenvalue weighted by atomic mass is 10.0. The third-order valence-corrected chi connectivity index (χ3v) is 3.50. The molecule has 0 aliphatic rings. The van der Waals surface area contributed by atoms with E-state index in [0.717, 1.165) is 17.4 Å². The van der Waals surface area contributed by atoms with Crippen molar-refractivity contribution in [1.29, 1.82) is 0 Å². The van der Waals surface area contributed by atoms with Crippen molar-refractivity contribution < 1.29 is 28.8 Å². The van der Waals surface area contributed by atoms with Crippen LogP contribution in [0.5, 0.6) is 17.2 Å². The van der Waals surface area contributed by atoms with Gasteiger partial charge in [0.2, 0.25) is 0 Å². The standard InChI is InChI=1S/C19H28O6/c1-14(2)5-6-16-18(24-11-9-22-3)13-17(21)15(7-8-20)19(16)25-12-10-23-4/h5,8,13,21H,6-7,9-12H2,1-4H3. The van der Waals surface area contributed by atoms with Crippen LogP contribution in [0.2, 0.25) is 0 Å². The maximum atomic E-state index is 11.0. The smallest absolute Gasteiger partial charge is 0.133 e. The summed E-state index contributed by atoms with van der Waals surface area (Å²) in [6, 6.07) is 1.53. The molecule has 0 aromatic heterocycles. The Balaban J connectivity index is 3.33. The van der Waals surface area contributed by atoms with Crippen molar-refractivity contribution >= 4 is 6.29 Å². The van der Waals surface area contributed by atoms with Crippen LogP contribution in [0.15, 0.2) is 17.7 Å². The molecule has 1 aromatic carbocycles. The molecule has 0 saturated heterocycles. The third-order valence-electron chi connectivity index (χ3n) is 3.50. The summed E-state index contributed by atoms with van der Waals surface area (Å²) >= 11 is 0. The molecule has 25 heavy (non-hydrogen) atoms. The highest BCUT2D eigenvalue weighted by atomic mass is 16.5. The summed E-state index contributed by atoms with van der Waals surface area (Å²) in [5, 5.41) is 10.3. The van der Waals surface area contributed by atoms with Gasteiger partial charge in [0.15, 0.2) is 0 Å². The lowest BCUT2D eigenvalue weighted by molar-refractivity contribution is -0.107. The molecule has 0 heterocycles. The highest BCUT2D eigenvalue weighted by molar-refractivity contribution is 5.65. The molecule has 1 rings (SSSR count). The van der Waals surface area contributed by atoms with Crippen LogP contribution in [0.25, 0.3) is 0 Å². The van der Waals surface area contributed by atoms with Crippen molar-refractivity contribution in [3.8, 4) is 17.2 Å². The minimum atomic E-state index is -0.0205. The number of aromatic hydroxyl groups is 1. The molecule has 0 radical (unpaired) electrons. The zero-order chi connectivity index (χ0) is 18.7. The summed E-state index contributed by atoms with van der Waals surface area (Å²) in [6.45, 7) is 5.50. The van der Waals surface area contributed by atoms with Gasteiger partial charge in [-0.3, -0.25) is 0 Å². The summed E-state index contributed by atoms with van der Waals surface area (Å²) in [5.41, 5.74) is 2.40. The quantitative estimate of drug-likeness (QED) is 0.354. The topological polar surface area (TPSA) is 74.2 Å². The molecule has 0 unspecified atom stereocenters. The van der Waals surface area contributed by atoms with E-state index in [0.29, 0.717) is 49.9 Å². The van der Waals surface area contributed by atoms with Gasteiger partial charge in [0, 0.05) is 37.8 Å². The number of carbonyl (C=O) groups is 1. The number of ether oxygens (including phenoxy) is 4. The monoisotopic (exact) mass is 352 g/mol. The Kier molecular flexibility index (Phi) is 9.65. The summed E-state index contributed by atoms with van der Waals surface area (Å²) in [4.78, 5) is 11.0. The van der Waals surface area contributed by atoms with E-state index in [2.05, 4.69) is 0 Å². The Morgan fingerprint density at radius 1 is 1.00 bits per heavy atom. The first-order valence-corrected chi connectivity index (χ1v) is 8.23. The van der Waals surface area contributed by atoms with Crippen molar-refractivity contribution in [3.63, 3.8) is 0 Å². The predicted molar refractivity (Wildman–Crippen MR) is 95.8 cm³/mol. The van der Waals surface area contributed by atoms with Crippen LogP contribution >= 0.6 is 0 Å². The van der Waals surface area contributed by atoms with E-state index in [4.69, 9.17) is 18.9 Å². The lowest BCUT2D eigenvalue weighted by Gasteiger charge is -2.19. The maximum Gasteiger partial charge on any atom is 0.133 e. The molecular formula is C19H28O6. The number of methoxy groups -OCH3 is 2. The first kappa shape index (κ1) is 21.0. The van der Waals surface area contributed by atoms with Gasteiger partial charge in [-0.15, -0.1) is 0 Å². The molecule has 140 valence electrons. The van der Waals surface area contributed by atoms with Crippen LogP contribution in [0.4, 0.5) is 0 Å². The van der Waals surface area contributed by atoms with Gasteiger partial charge in [-0.1, -0.05) is 11.6 Å². The van der Waals surface area contributed by atoms with Crippen molar-refractivity contribution in [2.45, 2.75) is 26.7 Å². The SMILES string of the molecule is COCCOc1cc(O)c(CC=O)c(OCCOC)c1CC=C(C)C. The van der Waals surface area contributed by atoms with Gasteiger partial charge < -0.3 is 28.8 Å². The fourth-order valence-electron chi connectivity index (χ4n) is 2.25. The van der Waals surface area contributed by atoms with Gasteiger partial charge in [0.1, 0.15) is 36.7 Å². The predicted octanol–water partition coefficient (Wildman–Crippen LogP) is 2.69. The number of hydrogen-bond donors (Lipinski definition) is 1. The summed E-state index contributed by atoms with van der Waals surface area (Å²) in [7, 11) is 3.18. The van der Waals surface area contributed by atoms with Crippen LogP contribution in [0.3, 0.4) is 0 Å². The average molecular weight is 352 g/mol. The first-order chi connectivity index (χ1) is 12.0. The molecule has 6 nitrogen and oxygen atoms in total. The van der Waals surface area contributed by atoms with E-state index < -0.39 is 0 Å². The van der Waals surface area contributed by atoms with E-state index in [1.54, 1.807) is 14.2 Å². The number of hydrogen-bond acceptors (Lipinski definition) is 6. The summed E-state index contributed by atoms with van der Waals surface area (Å²) in [6.07, 6.45) is 3.42. The zero-order valence-electron chi connectivity index (χ0n) is 15.5. The molecule has 0 fully saturated rings. The molecule has 1 N–H and O–H groups in total. The number of carbonyl (C=O) groups excluding carboxylic acids is 1. The fourth-order valence-corrected chi connectivity index (χ4v) is 2.25. The van der Waals surface area contributed by atoms with Crippen LogP contribution in [0.1, 0.15) is 25.0 Å². The molecule has 0 spiro atoms. The minimum absolute atomic E-state index is 0.0205. The molecule has 0 bridgehead atoms. The fraction of sp³-hybridized carbons (Fsp3) is 0.526. The number of benzene rings is 1. The molecule has 0 aliphatic heterocycles.